The molecule has 0 saturated heterocycles. The van der Waals surface area contributed by atoms with E-state index in [1.54, 1.807) is 24.3 Å². The Labute approximate surface area is 157 Å². The topological polar surface area (TPSA) is 93.7 Å². The molecule has 2 aromatic rings. The van der Waals surface area contributed by atoms with E-state index in [1.807, 2.05) is 6.92 Å². The third-order valence-electron chi connectivity index (χ3n) is 3.27. The van der Waals surface area contributed by atoms with Crippen LogP contribution in [-0.4, -0.2) is 34.6 Å². The molecule has 0 saturated carbocycles. The van der Waals surface area contributed by atoms with Gasteiger partial charge in [-0.2, -0.15) is 0 Å². The maximum atomic E-state index is 12.5. The normalized spacial score (nSPS) is 10.9. The number of carbonyl (C=O) groups is 1. The Morgan fingerprint density at radius 3 is 2.38 bits per heavy atom. The van der Waals surface area contributed by atoms with E-state index in [0.29, 0.717) is 18.0 Å². The zero-order valence-corrected chi connectivity index (χ0v) is 15.9. The molecule has 9 heteroatoms. The molecule has 0 radical (unpaired) electrons. The summed E-state index contributed by atoms with van der Waals surface area (Å²) in [5.41, 5.74) is 0.393. The first-order valence-corrected chi connectivity index (χ1v) is 9.60. The molecule has 2 rings (SSSR count). The van der Waals surface area contributed by atoms with Crippen LogP contribution in [0.4, 0.5) is 5.69 Å². The highest BCUT2D eigenvalue weighted by atomic mass is 35.5. The van der Waals surface area contributed by atoms with Crippen LogP contribution in [0.15, 0.2) is 47.4 Å². The Hall–Kier alpha value is -2.45. The number of amides is 1. The number of likely N-dealkylation sites (N-methyl/N-ethyl adjacent to an activating group) is 1. The molecule has 140 valence electrons. The highest BCUT2D eigenvalue weighted by Crippen LogP contribution is 2.28. The van der Waals surface area contributed by atoms with Crippen LogP contribution in [0.25, 0.3) is 0 Å². The summed E-state index contributed by atoms with van der Waals surface area (Å²) in [5, 5.41) is 2.49. The van der Waals surface area contributed by atoms with Gasteiger partial charge in [-0.05, 0) is 49.4 Å². The summed E-state index contributed by atoms with van der Waals surface area (Å²) in [7, 11) is -2.34. The van der Waals surface area contributed by atoms with Crippen molar-refractivity contribution < 1.29 is 22.7 Å². The number of ether oxygens (including phenoxy) is 2. The fourth-order valence-electron chi connectivity index (χ4n) is 1.98. The third kappa shape index (κ3) is 5.27. The summed E-state index contributed by atoms with van der Waals surface area (Å²) in [6, 6.07) is 10.6. The number of hydrogen-bond acceptors (Lipinski definition) is 5. The van der Waals surface area contributed by atoms with Gasteiger partial charge in [-0.1, -0.05) is 11.6 Å². The molecule has 26 heavy (non-hydrogen) atoms. The fourth-order valence-corrected chi connectivity index (χ4v) is 3.37. The highest BCUT2D eigenvalue weighted by molar-refractivity contribution is 7.92. The zero-order valence-electron chi connectivity index (χ0n) is 14.3. The van der Waals surface area contributed by atoms with Gasteiger partial charge in [-0.25, -0.2) is 8.42 Å². The van der Waals surface area contributed by atoms with Crippen molar-refractivity contribution in [3.8, 4) is 11.5 Å². The minimum Gasteiger partial charge on any atom is -0.494 e. The Bertz CT molecular complexity index is 869. The number of halogens is 1. The summed E-state index contributed by atoms with van der Waals surface area (Å²) in [6.07, 6.45) is 0. The predicted octanol–water partition coefficient (Wildman–Crippen LogP) is 2.66. The van der Waals surface area contributed by atoms with Crippen LogP contribution in [0.3, 0.4) is 0 Å². The van der Waals surface area contributed by atoms with Gasteiger partial charge in [-0.15, -0.1) is 0 Å². The minimum atomic E-state index is -3.82. The smallest absolute Gasteiger partial charge is 0.261 e. The van der Waals surface area contributed by atoms with Crippen LogP contribution in [-0.2, 0) is 14.8 Å². The number of nitrogens with one attached hydrogen (secondary N) is 2. The van der Waals surface area contributed by atoms with E-state index in [9.17, 15) is 13.2 Å². The summed E-state index contributed by atoms with van der Waals surface area (Å²) in [6.45, 7) is 2.17. The average Bonchev–Trinajstić information content (AvgIpc) is 2.62. The Kier molecular flexibility index (Phi) is 6.70. The number of rotatable bonds is 8. The maximum Gasteiger partial charge on any atom is 0.261 e. The van der Waals surface area contributed by atoms with Gasteiger partial charge in [0.25, 0.3) is 15.9 Å². The molecular formula is C17H19ClN2O5S. The van der Waals surface area contributed by atoms with E-state index in [1.165, 1.54) is 25.2 Å². The molecule has 0 aliphatic carbocycles. The standard InChI is InChI=1S/C17H19ClN2O5S/c1-3-24-13-6-4-12(5-7-13)20-26(22,23)14-8-9-16(15(18)10-14)25-11-17(21)19-2/h4-10,20H,3,11H2,1-2H3,(H,19,21). The molecule has 0 aromatic heterocycles. The van der Waals surface area contributed by atoms with Gasteiger partial charge in [0.15, 0.2) is 6.61 Å². The van der Waals surface area contributed by atoms with Gasteiger partial charge >= 0.3 is 0 Å². The van der Waals surface area contributed by atoms with Crippen LogP contribution < -0.4 is 19.5 Å². The summed E-state index contributed by atoms with van der Waals surface area (Å²) in [4.78, 5) is 11.2. The quantitative estimate of drug-likeness (QED) is 0.713. The van der Waals surface area contributed by atoms with Crippen LogP contribution >= 0.6 is 11.6 Å². The van der Waals surface area contributed by atoms with Crippen molar-refractivity contribution in [2.24, 2.45) is 0 Å². The molecule has 0 atom stereocenters. The van der Waals surface area contributed by atoms with Gasteiger partial charge in [-0.3, -0.25) is 9.52 Å². The Balaban J connectivity index is 2.13. The third-order valence-corrected chi connectivity index (χ3v) is 4.94. The number of sulfonamides is 1. The van der Waals surface area contributed by atoms with Crippen molar-refractivity contribution in [2.45, 2.75) is 11.8 Å². The largest absolute Gasteiger partial charge is 0.494 e. The molecule has 0 aliphatic rings. The number of benzene rings is 2. The second kappa shape index (κ2) is 8.77. The Morgan fingerprint density at radius 1 is 1.12 bits per heavy atom. The van der Waals surface area contributed by atoms with Crippen molar-refractivity contribution in [2.75, 3.05) is 25.0 Å². The van der Waals surface area contributed by atoms with Crippen LogP contribution in [0.1, 0.15) is 6.92 Å². The predicted molar refractivity (Wildman–Crippen MR) is 99.4 cm³/mol. The number of anilines is 1. The van der Waals surface area contributed by atoms with Gasteiger partial charge < -0.3 is 14.8 Å². The van der Waals surface area contributed by atoms with E-state index < -0.39 is 10.0 Å². The lowest BCUT2D eigenvalue weighted by molar-refractivity contribution is -0.122. The van der Waals surface area contributed by atoms with E-state index in [2.05, 4.69) is 10.0 Å². The monoisotopic (exact) mass is 398 g/mol. The molecule has 0 spiro atoms. The summed E-state index contributed by atoms with van der Waals surface area (Å²) in [5.74, 6) is 0.543. The Morgan fingerprint density at radius 2 is 1.81 bits per heavy atom. The molecule has 0 unspecified atom stereocenters. The van der Waals surface area contributed by atoms with Crippen LogP contribution in [0, 0.1) is 0 Å². The molecule has 2 N–H and O–H groups in total. The molecule has 0 fully saturated rings. The second-order valence-corrected chi connectivity index (χ2v) is 7.21. The first-order chi connectivity index (χ1) is 12.4. The fraction of sp³-hybridized carbons (Fsp3) is 0.235. The molecule has 1 amide bonds. The highest BCUT2D eigenvalue weighted by Gasteiger charge is 2.17. The van der Waals surface area contributed by atoms with Gasteiger partial charge in [0.1, 0.15) is 11.5 Å². The molecule has 0 aliphatic heterocycles. The average molecular weight is 399 g/mol. The lowest BCUT2D eigenvalue weighted by Crippen LogP contribution is -2.24. The molecule has 7 nitrogen and oxygen atoms in total. The van der Waals surface area contributed by atoms with Crippen molar-refractivity contribution in [3.63, 3.8) is 0 Å². The van der Waals surface area contributed by atoms with Gasteiger partial charge in [0.2, 0.25) is 0 Å². The summed E-state index contributed by atoms with van der Waals surface area (Å²) < 4.78 is 38.0. The lowest BCUT2D eigenvalue weighted by Gasteiger charge is -2.11. The maximum absolute atomic E-state index is 12.5. The van der Waals surface area contributed by atoms with E-state index in [4.69, 9.17) is 21.1 Å². The first kappa shape index (κ1) is 19.9. The SMILES string of the molecule is CCOc1ccc(NS(=O)(=O)c2ccc(OCC(=O)NC)c(Cl)c2)cc1. The van der Waals surface area contributed by atoms with Crippen LogP contribution in [0.2, 0.25) is 5.02 Å². The molecule has 2 aromatic carbocycles. The van der Waals surface area contributed by atoms with Crippen molar-refractivity contribution >= 4 is 33.2 Å². The van der Waals surface area contributed by atoms with Crippen molar-refractivity contribution in [1.29, 1.82) is 0 Å². The minimum absolute atomic E-state index is 0.0244. The van der Waals surface area contributed by atoms with Crippen LogP contribution in [0.5, 0.6) is 11.5 Å². The molecule has 0 heterocycles. The number of carbonyl (C=O) groups excluding carboxylic acids is 1. The van der Waals surface area contributed by atoms with Gasteiger partial charge in [0, 0.05) is 12.7 Å². The lowest BCUT2D eigenvalue weighted by atomic mass is 10.3. The molecular weight excluding hydrogens is 380 g/mol. The van der Waals surface area contributed by atoms with Crippen molar-refractivity contribution in [1.82, 2.24) is 5.32 Å². The van der Waals surface area contributed by atoms with Gasteiger partial charge in [0.05, 0.1) is 16.5 Å². The first-order valence-electron chi connectivity index (χ1n) is 7.74. The van der Waals surface area contributed by atoms with E-state index in [-0.39, 0.29) is 28.2 Å². The second-order valence-electron chi connectivity index (χ2n) is 5.12. The zero-order chi connectivity index (χ0) is 19.2. The van der Waals surface area contributed by atoms with E-state index in [0.717, 1.165) is 0 Å². The number of hydrogen-bond donors (Lipinski definition) is 2. The summed E-state index contributed by atoms with van der Waals surface area (Å²) >= 11 is 6.06. The van der Waals surface area contributed by atoms with E-state index >= 15 is 0 Å². The molecule has 0 bridgehead atoms. The van der Waals surface area contributed by atoms with Crippen molar-refractivity contribution in [3.05, 3.63) is 47.5 Å².